The zero-order valence-corrected chi connectivity index (χ0v) is 15.8. The molecule has 0 bridgehead atoms. The molecule has 0 aliphatic heterocycles. The average molecular weight is 347 g/mol. The predicted molar refractivity (Wildman–Crippen MR) is 99.0 cm³/mol. The molecule has 0 atom stereocenters. The summed E-state index contributed by atoms with van der Waals surface area (Å²) in [6.07, 6.45) is 1.51. The Labute approximate surface area is 148 Å². The highest BCUT2D eigenvalue weighted by Gasteiger charge is 2.25. The Morgan fingerprint density at radius 1 is 1.28 bits per heavy atom. The molecular formula is C18H29N5O2. The second kappa shape index (κ2) is 7.39. The maximum atomic E-state index is 11.5. The number of primary amides is 1. The van der Waals surface area contributed by atoms with Gasteiger partial charge in [-0.1, -0.05) is 13.8 Å². The lowest BCUT2D eigenvalue weighted by atomic mass is 9.87. The number of nitrogens with two attached hydrogens (primary N) is 2. The van der Waals surface area contributed by atoms with Gasteiger partial charge in [-0.05, 0) is 39.2 Å². The lowest BCUT2D eigenvalue weighted by Gasteiger charge is -2.20. The highest BCUT2D eigenvalue weighted by atomic mass is 16.5. The molecule has 2 aromatic rings. The molecule has 138 valence electrons. The first-order valence-corrected chi connectivity index (χ1v) is 8.68. The van der Waals surface area contributed by atoms with E-state index in [-0.39, 0.29) is 5.91 Å². The van der Waals surface area contributed by atoms with Crippen LogP contribution in [-0.2, 0) is 22.7 Å². The number of hydrogen-bond acceptors (Lipinski definition) is 5. The highest BCUT2D eigenvalue weighted by Crippen LogP contribution is 2.28. The molecule has 0 aromatic carbocycles. The van der Waals surface area contributed by atoms with Crippen molar-refractivity contribution in [2.45, 2.75) is 60.6 Å². The maximum Gasteiger partial charge on any atom is 0.223 e. The van der Waals surface area contributed by atoms with Gasteiger partial charge in [0.25, 0.3) is 0 Å². The fourth-order valence-corrected chi connectivity index (χ4v) is 2.89. The van der Waals surface area contributed by atoms with E-state index in [1.165, 1.54) is 0 Å². The van der Waals surface area contributed by atoms with Gasteiger partial charge in [-0.3, -0.25) is 4.79 Å². The van der Waals surface area contributed by atoms with Crippen LogP contribution in [0.1, 0.15) is 50.7 Å². The van der Waals surface area contributed by atoms with Crippen LogP contribution in [0.3, 0.4) is 0 Å². The number of aromatic nitrogens is 3. The molecule has 0 spiro atoms. The molecule has 2 aromatic heterocycles. The molecule has 0 unspecified atom stereocenters. The fourth-order valence-electron chi connectivity index (χ4n) is 2.89. The molecule has 7 heteroatoms. The third kappa shape index (κ3) is 3.92. The van der Waals surface area contributed by atoms with E-state index in [1.54, 1.807) is 0 Å². The summed E-state index contributed by atoms with van der Waals surface area (Å²) >= 11 is 0. The van der Waals surface area contributed by atoms with E-state index >= 15 is 0 Å². The molecule has 0 aliphatic carbocycles. The molecule has 0 radical (unpaired) electrons. The number of aryl methyl sites for hydroxylation is 3. The number of carbonyl (C=O) groups is 1. The topological polar surface area (TPSA) is 109 Å². The molecule has 0 aliphatic rings. The number of carbonyl (C=O) groups excluding carboxylic acids is 1. The number of amides is 1. The van der Waals surface area contributed by atoms with Gasteiger partial charge in [0.2, 0.25) is 5.91 Å². The quantitative estimate of drug-likeness (QED) is 0.762. The standard InChI is InChI=1S/C18H29N5O2/c1-6-25-10-13-22-14-15(11(2)12(3)21-16(14)19)23(13)9-7-8-18(4,5)17(20)24/h6-10H2,1-5H3,(H2,19,21)(H2,20,24). The zero-order valence-electron chi connectivity index (χ0n) is 15.8. The van der Waals surface area contributed by atoms with E-state index in [0.29, 0.717) is 31.0 Å². The summed E-state index contributed by atoms with van der Waals surface area (Å²) in [6, 6.07) is 0. The van der Waals surface area contributed by atoms with Crippen molar-refractivity contribution >= 4 is 22.8 Å². The number of nitrogens with zero attached hydrogens (tertiary/aromatic N) is 3. The van der Waals surface area contributed by atoms with Crippen LogP contribution < -0.4 is 11.5 Å². The number of imidazole rings is 1. The summed E-state index contributed by atoms with van der Waals surface area (Å²) in [5, 5.41) is 0. The van der Waals surface area contributed by atoms with E-state index in [0.717, 1.165) is 35.6 Å². The Bertz CT molecular complexity index is 780. The molecule has 7 nitrogen and oxygen atoms in total. The molecule has 0 saturated heterocycles. The summed E-state index contributed by atoms with van der Waals surface area (Å²) in [5.41, 5.74) is 14.7. The van der Waals surface area contributed by atoms with Crippen LogP contribution in [0.2, 0.25) is 0 Å². The minimum atomic E-state index is -0.526. The van der Waals surface area contributed by atoms with E-state index < -0.39 is 5.41 Å². The van der Waals surface area contributed by atoms with E-state index in [9.17, 15) is 4.79 Å². The Balaban J connectivity index is 2.39. The molecular weight excluding hydrogens is 318 g/mol. The first-order valence-electron chi connectivity index (χ1n) is 8.68. The number of nitrogen functional groups attached to an aromatic ring is 1. The monoisotopic (exact) mass is 347 g/mol. The van der Waals surface area contributed by atoms with Crippen molar-refractivity contribution in [3.63, 3.8) is 0 Å². The van der Waals surface area contributed by atoms with Crippen molar-refractivity contribution in [3.8, 4) is 0 Å². The Morgan fingerprint density at radius 3 is 2.56 bits per heavy atom. The summed E-state index contributed by atoms with van der Waals surface area (Å²) in [5.74, 6) is 0.987. The van der Waals surface area contributed by atoms with Gasteiger partial charge in [0.1, 0.15) is 17.9 Å². The normalized spacial score (nSPS) is 12.0. The summed E-state index contributed by atoms with van der Waals surface area (Å²) in [7, 11) is 0. The van der Waals surface area contributed by atoms with Gasteiger partial charge >= 0.3 is 0 Å². The van der Waals surface area contributed by atoms with E-state index in [2.05, 4.69) is 14.5 Å². The van der Waals surface area contributed by atoms with Gasteiger partial charge in [0, 0.05) is 24.3 Å². The van der Waals surface area contributed by atoms with Gasteiger partial charge in [-0.15, -0.1) is 0 Å². The molecule has 0 fully saturated rings. The summed E-state index contributed by atoms with van der Waals surface area (Å²) < 4.78 is 7.71. The van der Waals surface area contributed by atoms with Crippen LogP contribution in [0.4, 0.5) is 5.82 Å². The fraction of sp³-hybridized carbons (Fsp3) is 0.611. The van der Waals surface area contributed by atoms with Crippen LogP contribution in [0.25, 0.3) is 11.0 Å². The number of anilines is 1. The highest BCUT2D eigenvalue weighted by molar-refractivity contribution is 5.88. The molecule has 2 heterocycles. The van der Waals surface area contributed by atoms with Crippen molar-refractivity contribution in [2.75, 3.05) is 12.3 Å². The average Bonchev–Trinajstić information content (AvgIpc) is 2.90. The Hall–Kier alpha value is -2.15. The van der Waals surface area contributed by atoms with E-state index in [4.69, 9.17) is 16.2 Å². The van der Waals surface area contributed by atoms with Gasteiger partial charge in [0.15, 0.2) is 5.82 Å². The van der Waals surface area contributed by atoms with E-state index in [1.807, 2.05) is 34.6 Å². The lowest BCUT2D eigenvalue weighted by molar-refractivity contribution is -0.126. The molecule has 2 rings (SSSR count). The van der Waals surface area contributed by atoms with Crippen LogP contribution in [0, 0.1) is 19.3 Å². The van der Waals surface area contributed by atoms with Crippen LogP contribution in [0.5, 0.6) is 0 Å². The molecule has 1 amide bonds. The Morgan fingerprint density at radius 2 is 1.96 bits per heavy atom. The number of ether oxygens (including phenoxy) is 1. The predicted octanol–water partition coefficient (Wildman–Crippen LogP) is 2.46. The van der Waals surface area contributed by atoms with Crippen LogP contribution >= 0.6 is 0 Å². The van der Waals surface area contributed by atoms with Crippen molar-refractivity contribution in [2.24, 2.45) is 11.1 Å². The van der Waals surface area contributed by atoms with Crippen molar-refractivity contribution in [3.05, 3.63) is 17.1 Å². The SMILES string of the molecule is CCOCc1nc2c(N)nc(C)c(C)c2n1CCCC(C)(C)C(N)=O. The van der Waals surface area contributed by atoms with Crippen molar-refractivity contribution in [1.29, 1.82) is 0 Å². The first kappa shape index (κ1) is 19.2. The van der Waals surface area contributed by atoms with Gasteiger partial charge < -0.3 is 20.8 Å². The maximum absolute atomic E-state index is 11.5. The third-order valence-corrected chi connectivity index (χ3v) is 4.76. The van der Waals surface area contributed by atoms with Crippen molar-refractivity contribution in [1.82, 2.24) is 14.5 Å². The second-order valence-corrected chi connectivity index (χ2v) is 7.07. The summed E-state index contributed by atoms with van der Waals surface area (Å²) in [6.45, 7) is 11.4. The number of hydrogen-bond donors (Lipinski definition) is 2. The Kier molecular flexibility index (Phi) is 5.67. The third-order valence-electron chi connectivity index (χ3n) is 4.76. The van der Waals surface area contributed by atoms with Crippen molar-refractivity contribution < 1.29 is 9.53 Å². The molecule has 4 N–H and O–H groups in total. The van der Waals surface area contributed by atoms with Gasteiger partial charge in [-0.25, -0.2) is 9.97 Å². The smallest absolute Gasteiger partial charge is 0.223 e. The molecule has 25 heavy (non-hydrogen) atoms. The number of fused-ring (bicyclic) bond motifs is 1. The minimum Gasteiger partial charge on any atom is -0.382 e. The van der Waals surface area contributed by atoms with Crippen LogP contribution in [-0.4, -0.2) is 27.0 Å². The number of pyridine rings is 1. The number of rotatable bonds is 8. The lowest BCUT2D eigenvalue weighted by Crippen LogP contribution is -2.31. The first-order chi connectivity index (χ1) is 11.7. The van der Waals surface area contributed by atoms with Crippen LogP contribution in [0.15, 0.2) is 0 Å². The van der Waals surface area contributed by atoms with Gasteiger partial charge in [0.05, 0.1) is 5.52 Å². The minimum absolute atomic E-state index is 0.280. The summed E-state index contributed by atoms with van der Waals surface area (Å²) in [4.78, 5) is 20.6. The largest absolute Gasteiger partial charge is 0.382 e. The second-order valence-electron chi connectivity index (χ2n) is 7.07. The van der Waals surface area contributed by atoms with Gasteiger partial charge in [-0.2, -0.15) is 0 Å². The zero-order chi connectivity index (χ0) is 18.8. The molecule has 0 saturated carbocycles.